The Kier molecular flexibility index (Phi) is 5.13. The zero-order valence-corrected chi connectivity index (χ0v) is 12.7. The summed E-state index contributed by atoms with van der Waals surface area (Å²) in [7, 11) is 1.69. The highest BCUT2D eigenvalue weighted by Crippen LogP contribution is 2.25. The predicted octanol–water partition coefficient (Wildman–Crippen LogP) is 3.15. The Bertz CT molecular complexity index is 540. The van der Waals surface area contributed by atoms with E-state index in [1.807, 2.05) is 18.2 Å². The van der Waals surface area contributed by atoms with E-state index in [0.29, 0.717) is 19.0 Å². The van der Waals surface area contributed by atoms with Crippen LogP contribution in [0.15, 0.2) is 33.4 Å². The van der Waals surface area contributed by atoms with Gasteiger partial charge in [0.05, 0.1) is 12.3 Å². The van der Waals surface area contributed by atoms with Gasteiger partial charge >= 0.3 is 0 Å². The monoisotopic (exact) mass is 324 g/mol. The molecule has 4 nitrogen and oxygen atoms in total. The van der Waals surface area contributed by atoms with Crippen LogP contribution in [0.5, 0.6) is 0 Å². The summed E-state index contributed by atoms with van der Waals surface area (Å²) in [6.07, 6.45) is 1.68. The van der Waals surface area contributed by atoms with E-state index in [4.69, 9.17) is 9.15 Å². The lowest BCUT2D eigenvalue weighted by molar-refractivity contribution is 0.199. The van der Waals surface area contributed by atoms with Gasteiger partial charge < -0.3 is 14.5 Å². The van der Waals surface area contributed by atoms with E-state index in [2.05, 4.69) is 33.2 Å². The number of hydrogen-bond acceptors (Lipinski definition) is 4. The van der Waals surface area contributed by atoms with E-state index in [9.17, 15) is 0 Å². The molecule has 0 atom stereocenters. The van der Waals surface area contributed by atoms with Crippen LogP contribution >= 0.6 is 15.9 Å². The molecule has 0 bridgehead atoms. The normalized spacial score (nSPS) is 10.9. The van der Waals surface area contributed by atoms with Crippen molar-refractivity contribution in [2.24, 2.45) is 0 Å². The van der Waals surface area contributed by atoms with Crippen LogP contribution in [0.2, 0.25) is 0 Å². The highest BCUT2D eigenvalue weighted by atomic mass is 79.9. The zero-order valence-electron chi connectivity index (χ0n) is 11.1. The SMILES string of the molecule is COCCNCc1coc(-c2ccc(C)c(Br)c2)n1. The second-order valence-corrected chi connectivity index (χ2v) is 5.13. The summed E-state index contributed by atoms with van der Waals surface area (Å²) in [5, 5.41) is 3.23. The van der Waals surface area contributed by atoms with Crippen LogP contribution in [0.1, 0.15) is 11.3 Å². The van der Waals surface area contributed by atoms with Crippen molar-refractivity contribution in [3.8, 4) is 11.5 Å². The summed E-state index contributed by atoms with van der Waals surface area (Å²) < 4.78 is 11.5. The standard InChI is InChI=1S/C14H17BrN2O2/c1-10-3-4-11(7-13(10)15)14-17-12(9-19-14)8-16-5-6-18-2/h3-4,7,9,16H,5-6,8H2,1-2H3. The molecule has 102 valence electrons. The molecule has 1 heterocycles. The molecule has 0 amide bonds. The first-order chi connectivity index (χ1) is 9.20. The number of aryl methyl sites for hydroxylation is 1. The highest BCUT2D eigenvalue weighted by Gasteiger charge is 2.07. The lowest BCUT2D eigenvalue weighted by Crippen LogP contribution is -2.18. The average molecular weight is 325 g/mol. The van der Waals surface area contributed by atoms with Crippen molar-refractivity contribution >= 4 is 15.9 Å². The Morgan fingerprint density at radius 2 is 2.26 bits per heavy atom. The molecule has 0 aliphatic heterocycles. The maximum absolute atomic E-state index is 5.50. The van der Waals surface area contributed by atoms with Crippen molar-refractivity contribution in [1.82, 2.24) is 10.3 Å². The Hall–Kier alpha value is -1.17. The van der Waals surface area contributed by atoms with Crippen LogP contribution in [0, 0.1) is 6.92 Å². The van der Waals surface area contributed by atoms with Crippen molar-refractivity contribution in [2.45, 2.75) is 13.5 Å². The van der Waals surface area contributed by atoms with Gasteiger partial charge in [-0.3, -0.25) is 0 Å². The third-order valence-corrected chi connectivity index (χ3v) is 3.61. The van der Waals surface area contributed by atoms with Gasteiger partial charge in [-0.1, -0.05) is 22.0 Å². The van der Waals surface area contributed by atoms with Gasteiger partial charge in [0.25, 0.3) is 0 Å². The van der Waals surface area contributed by atoms with Gasteiger partial charge in [0.2, 0.25) is 5.89 Å². The molecule has 0 aliphatic carbocycles. The van der Waals surface area contributed by atoms with Crippen LogP contribution in [-0.4, -0.2) is 25.2 Å². The number of aromatic nitrogens is 1. The topological polar surface area (TPSA) is 47.3 Å². The van der Waals surface area contributed by atoms with Gasteiger partial charge in [-0.25, -0.2) is 4.98 Å². The van der Waals surface area contributed by atoms with Crippen LogP contribution in [-0.2, 0) is 11.3 Å². The molecule has 2 rings (SSSR count). The average Bonchev–Trinajstić information content (AvgIpc) is 2.87. The first-order valence-electron chi connectivity index (χ1n) is 6.11. The fraction of sp³-hybridized carbons (Fsp3) is 0.357. The molecule has 0 fully saturated rings. The Morgan fingerprint density at radius 3 is 3.00 bits per heavy atom. The van der Waals surface area contributed by atoms with Crippen LogP contribution in [0.3, 0.4) is 0 Å². The van der Waals surface area contributed by atoms with Gasteiger partial charge in [0.1, 0.15) is 6.26 Å². The zero-order chi connectivity index (χ0) is 13.7. The molecule has 0 spiro atoms. The molecule has 0 saturated heterocycles. The van der Waals surface area contributed by atoms with E-state index in [0.717, 1.165) is 22.3 Å². The minimum absolute atomic E-state index is 0.643. The summed E-state index contributed by atoms with van der Waals surface area (Å²) in [6.45, 7) is 4.22. The molecule has 0 unspecified atom stereocenters. The fourth-order valence-electron chi connectivity index (χ4n) is 1.64. The number of rotatable bonds is 6. The smallest absolute Gasteiger partial charge is 0.226 e. The number of halogens is 1. The molecule has 2 aromatic rings. The minimum atomic E-state index is 0.643. The maximum atomic E-state index is 5.50. The number of benzene rings is 1. The molecule has 0 radical (unpaired) electrons. The van der Waals surface area contributed by atoms with Crippen LogP contribution in [0.4, 0.5) is 0 Å². The van der Waals surface area contributed by atoms with Gasteiger partial charge in [0, 0.05) is 30.2 Å². The van der Waals surface area contributed by atoms with Crippen molar-refractivity contribution in [3.05, 3.63) is 40.2 Å². The van der Waals surface area contributed by atoms with E-state index in [1.54, 1.807) is 13.4 Å². The predicted molar refractivity (Wildman–Crippen MR) is 78.0 cm³/mol. The van der Waals surface area contributed by atoms with Crippen LogP contribution in [0.25, 0.3) is 11.5 Å². The van der Waals surface area contributed by atoms with Crippen molar-refractivity contribution < 1.29 is 9.15 Å². The van der Waals surface area contributed by atoms with Gasteiger partial charge in [-0.2, -0.15) is 0 Å². The molecule has 0 saturated carbocycles. The lowest BCUT2D eigenvalue weighted by atomic mass is 10.1. The number of methoxy groups -OCH3 is 1. The summed E-state index contributed by atoms with van der Waals surface area (Å²) in [6, 6.07) is 6.07. The molecular weight excluding hydrogens is 308 g/mol. The Morgan fingerprint density at radius 1 is 1.42 bits per heavy atom. The number of ether oxygens (including phenoxy) is 1. The highest BCUT2D eigenvalue weighted by molar-refractivity contribution is 9.10. The van der Waals surface area contributed by atoms with Crippen LogP contribution < -0.4 is 5.32 Å². The number of hydrogen-bond donors (Lipinski definition) is 1. The van der Waals surface area contributed by atoms with E-state index < -0.39 is 0 Å². The maximum Gasteiger partial charge on any atom is 0.226 e. The minimum Gasteiger partial charge on any atom is -0.444 e. The number of nitrogens with zero attached hydrogens (tertiary/aromatic N) is 1. The molecule has 19 heavy (non-hydrogen) atoms. The molecule has 1 aromatic carbocycles. The summed E-state index contributed by atoms with van der Waals surface area (Å²) in [5.74, 6) is 0.643. The third kappa shape index (κ3) is 3.89. The molecular formula is C14H17BrN2O2. The quantitative estimate of drug-likeness (QED) is 0.829. The van der Waals surface area contributed by atoms with E-state index in [-0.39, 0.29) is 0 Å². The lowest BCUT2D eigenvalue weighted by Gasteiger charge is -2.00. The van der Waals surface area contributed by atoms with Gasteiger partial charge in [0.15, 0.2) is 0 Å². The molecule has 1 N–H and O–H groups in total. The van der Waals surface area contributed by atoms with E-state index >= 15 is 0 Å². The van der Waals surface area contributed by atoms with Crippen molar-refractivity contribution in [3.63, 3.8) is 0 Å². The largest absolute Gasteiger partial charge is 0.444 e. The number of oxazole rings is 1. The van der Waals surface area contributed by atoms with Gasteiger partial charge in [-0.05, 0) is 24.6 Å². The number of nitrogens with one attached hydrogen (secondary N) is 1. The molecule has 1 aromatic heterocycles. The van der Waals surface area contributed by atoms with Crippen molar-refractivity contribution in [1.29, 1.82) is 0 Å². The second kappa shape index (κ2) is 6.84. The van der Waals surface area contributed by atoms with Gasteiger partial charge in [-0.15, -0.1) is 0 Å². The second-order valence-electron chi connectivity index (χ2n) is 4.28. The first kappa shape index (κ1) is 14.2. The summed E-state index contributed by atoms with van der Waals surface area (Å²) in [4.78, 5) is 4.46. The molecule has 5 heteroatoms. The first-order valence-corrected chi connectivity index (χ1v) is 6.90. The van der Waals surface area contributed by atoms with E-state index in [1.165, 1.54) is 5.56 Å². The Labute approximate surface area is 121 Å². The Balaban J connectivity index is 2.01. The molecule has 0 aliphatic rings. The van der Waals surface area contributed by atoms with Crippen molar-refractivity contribution in [2.75, 3.05) is 20.3 Å². The third-order valence-electron chi connectivity index (χ3n) is 2.76. The summed E-state index contributed by atoms with van der Waals surface area (Å²) >= 11 is 3.51. The fourth-order valence-corrected chi connectivity index (χ4v) is 2.02. The summed E-state index contributed by atoms with van der Waals surface area (Å²) in [5.41, 5.74) is 3.06.